The lowest BCUT2D eigenvalue weighted by molar-refractivity contribution is -0.216. The minimum atomic E-state index is -1.38. The third-order valence-corrected chi connectivity index (χ3v) is 8.11. The van der Waals surface area contributed by atoms with Gasteiger partial charge in [-0.25, -0.2) is 0 Å². The maximum atomic E-state index is 10.9. The van der Waals surface area contributed by atoms with Gasteiger partial charge in [0.2, 0.25) is 0 Å². The zero-order valence-corrected chi connectivity index (χ0v) is 21.9. The molecule has 0 aromatic heterocycles. The van der Waals surface area contributed by atoms with Crippen LogP contribution in [0.2, 0.25) is 0 Å². The molecular weight excluding hydrogens is 496 g/mol. The Bertz CT molecular complexity index is 1190. The highest BCUT2D eigenvalue weighted by atomic mass is 32.2. The molecule has 1 fully saturated rings. The summed E-state index contributed by atoms with van der Waals surface area (Å²) >= 11 is 1.31. The lowest BCUT2D eigenvalue weighted by Crippen LogP contribution is -2.58. The Morgan fingerprint density at radius 1 is 0.658 bits per heavy atom. The lowest BCUT2D eigenvalue weighted by Gasteiger charge is -2.42. The first-order valence-corrected chi connectivity index (χ1v) is 13.6. The second-order valence-electron chi connectivity index (χ2n) is 9.54. The standard InChI is InChI=1S/C32H32O5S/c1-22-17-19-26(20-18-22)38-31-30(35)29(34)28(33)27(37-31)21-36-32(23-11-5-2-6-12-23,24-13-7-3-8-14-24)25-15-9-4-10-16-25/h2-20,27-31,33-35H,21H2,1H3/t27?,28-,29?,30-,31-/m0/s1. The highest BCUT2D eigenvalue weighted by Gasteiger charge is 2.46. The first-order chi connectivity index (χ1) is 18.5. The largest absolute Gasteiger partial charge is 0.387 e. The SMILES string of the molecule is Cc1ccc(S[C@@H]2OC(COC(c3ccccc3)(c3ccccc3)c3ccccc3)[C@H](O)C(O)[C@@H]2O)cc1. The summed E-state index contributed by atoms with van der Waals surface area (Å²) in [6.07, 6.45) is -4.82. The summed E-state index contributed by atoms with van der Waals surface area (Å²) in [6.45, 7) is 1.99. The van der Waals surface area contributed by atoms with E-state index in [0.29, 0.717) is 0 Å². The van der Waals surface area contributed by atoms with Crippen LogP contribution in [0.3, 0.4) is 0 Å². The monoisotopic (exact) mass is 528 g/mol. The predicted molar refractivity (Wildman–Crippen MR) is 149 cm³/mol. The second kappa shape index (κ2) is 11.8. The number of thioether (sulfide) groups is 1. The molecule has 1 heterocycles. The molecular formula is C32H32O5S. The first kappa shape index (κ1) is 26.6. The van der Waals surface area contributed by atoms with Crippen molar-refractivity contribution in [1.29, 1.82) is 0 Å². The summed E-state index contributed by atoms with van der Waals surface area (Å²) in [4.78, 5) is 0.898. The van der Waals surface area contributed by atoms with Gasteiger partial charge < -0.3 is 24.8 Å². The van der Waals surface area contributed by atoms with Crippen molar-refractivity contribution in [2.24, 2.45) is 0 Å². The van der Waals surface area contributed by atoms with Gasteiger partial charge in [0.05, 0.1) is 6.61 Å². The van der Waals surface area contributed by atoms with Crippen LogP contribution < -0.4 is 0 Å². The second-order valence-corrected chi connectivity index (χ2v) is 10.7. The van der Waals surface area contributed by atoms with E-state index < -0.39 is 35.5 Å². The molecule has 5 nitrogen and oxygen atoms in total. The number of ether oxygens (including phenoxy) is 2. The quantitative estimate of drug-likeness (QED) is 0.282. The van der Waals surface area contributed by atoms with E-state index >= 15 is 0 Å². The van der Waals surface area contributed by atoms with Crippen LogP contribution in [-0.4, -0.2) is 51.8 Å². The van der Waals surface area contributed by atoms with E-state index in [4.69, 9.17) is 9.47 Å². The van der Waals surface area contributed by atoms with E-state index in [9.17, 15) is 15.3 Å². The summed E-state index contributed by atoms with van der Waals surface area (Å²) in [5.74, 6) is 0. The molecule has 5 rings (SSSR count). The predicted octanol–water partition coefficient (Wildman–Crippen LogP) is 4.90. The molecule has 2 unspecified atom stereocenters. The lowest BCUT2D eigenvalue weighted by atomic mass is 9.80. The average molecular weight is 529 g/mol. The number of benzene rings is 4. The molecule has 5 atom stereocenters. The number of aliphatic hydroxyl groups excluding tert-OH is 3. The van der Waals surface area contributed by atoms with Gasteiger partial charge in [0.1, 0.15) is 35.5 Å². The van der Waals surface area contributed by atoms with Crippen LogP contribution in [-0.2, 0) is 15.1 Å². The Morgan fingerprint density at radius 2 is 1.13 bits per heavy atom. The molecule has 196 valence electrons. The Morgan fingerprint density at radius 3 is 1.61 bits per heavy atom. The number of aliphatic hydroxyl groups is 3. The highest BCUT2D eigenvalue weighted by Crippen LogP contribution is 2.41. The van der Waals surface area contributed by atoms with Gasteiger partial charge in [-0.15, -0.1) is 0 Å². The molecule has 6 heteroatoms. The molecule has 0 spiro atoms. The minimum absolute atomic E-state index is 0.0193. The molecule has 38 heavy (non-hydrogen) atoms. The molecule has 0 amide bonds. The highest BCUT2D eigenvalue weighted by molar-refractivity contribution is 7.99. The third kappa shape index (κ3) is 5.43. The van der Waals surface area contributed by atoms with Crippen LogP contribution in [0.25, 0.3) is 0 Å². The van der Waals surface area contributed by atoms with Gasteiger partial charge in [0.15, 0.2) is 0 Å². The van der Waals surface area contributed by atoms with Crippen molar-refractivity contribution in [2.75, 3.05) is 6.61 Å². The van der Waals surface area contributed by atoms with E-state index in [1.165, 1.54) is 11.8 Å². The maximum Gasteiger partial charge on any atom is 0.143 e. The van der Waals surface area contributed by atoms with Crippen molar-refractivity contribution in [3.8, 4) is 0 Å². The number of aryl methyl sites for hydroxylation is 1. The molecule has 3 N–H and O–H groups in total. The molecule has 4 aromatic rings. The van der Waals surface area contributed by atoms with Gasteiger partial charge in [0.25, 0.3) is 0 Å². The Hall–Kier alpha value is -2.97. The van der Waals surface area contributed by atoms with Gasteiger partial charge in [0, 0.05) is 4.90 Å². The summed E-state index contributed by atoms with van der Waals surface area (Å²) in [7, 11) is 0. The summed E-state index contributed by atoms with van der Waals surface area (Å²) in [5.41, 5.74) is 2.13. The third-order valence-electron chi connectivity index (χ3n) is 6.95. The van der Waals surface area contributed by atoms with Gasteiger partial charge in [-0.2, -0.15) is 0 Å². The number of hydrogen-bond donors (Lipinski definition) is 3. The van der Waals surface area contributed by atoms with Crippen LogP contribution in [0.1, 0.15) is 22.3 Å². The van der Waals surface area contributed by atoms with Crippen molar-refractivity contribution < 1.29 is 24.8 Å². The van der Waals surface area contributed by atoms with Gasteiger partial charge in [-0.3, -0.25) is 0 Å². The molecule has 4 aromatic carbocycles. The van der Waals surface area contributed by atoms with Crippen molar-refractivity contribution in [1.82, 2.24) is 0 Å². The van der Waals surface area contributed by atoms with Crippen molar-refractivity contribution in [2.45, 2.75) is 47.3 Å². The smallest absolute Gasteiger partial charge is 0.143 e. The molecule has 1 aliphatic heterocycles. The molecule has 0 bridgehead atoms. The summed E-state index contributed by atoms with van der Waals surface area (Å²) in [5, 5.41) is 32.4. The van der Waals surface area contributed by atoms with E-state index in [-0.39, 0.29) is 6.61 Å². The van der Waals surface area contributed by atoms with Crippen LogP contribution in [0, 0.1) is 6.92 Å². The van der Waals surface area contributed by atoms with E-state index in [1.54, 1.807) is 0 Å². The summed E-state index contributed by atoms with van der Waals surface area (Å²) in [6, 6.07) is 37.7. The Kier molecular flexibility index (Phi) is 8.29. The molecule has 0 saturated carbocycles. The topological polar surface area (TPSA) is 79.2 Å². The fourth-order valence-corrected chi connectivity index (χ4v) is 5.94. The van der Waals surface area contributed by atoms with Crippen LogP contribution in [0.15, 0.2) is 120 Å². The van der Waals surface area contributed by atoms with Crippen molar-refractivity contribution >= 4 is 11.8 Å². The van der Waals surface area contributed by atoms with E-state index in [1.807, 2.05) is 122 Å². The van der Waals surface area contributed by atoms with Gasteiger partial charge >= 0.3 is 0 Å². The van der Waals surface area contributed by atoms with E-state index in [0.717, 1.165) is 27.1 Å². The van der Waals surface area contributed by atoms with Crippen LogP contribution in [0.5, 0.6) is 0 Å². The number of rotatable bonds is 8. The fourth-order valence-electron chi connectivity index (χ4n) is 4.88. The maximum absolute atomic E-state index is 10.9. The minimum Gasteiger partial charge on any atom is -0.387 e. The number of hydrogen-bond acceptors (Lipinski definition) is 6. The first-order valence-electron chi connectivity index (χ1n) is 12.7. The zero-order valence-electron chi connectivity index (χ0n) is 21.1. The van der Waals surface area contributed by atoms with Crippen molar-refractivity contribution in [3.05, 3.63) is 138 Å². The van der Waals surface area contributed by atoms with E-state index in [2.05, 4.69) is 0 Å². The Balaban J connectivity index is 1.48. The van der Waals surface area contributed by atoms with Gasteiger partial charge in [-0.1, -0.05) is 120 Å². The molecule has 1 saturated heterocycles. The van der Waals surface area contributed by atoms with Crippen LogP contribution >= 0.6 is 11.8 Å². The Labute approximate surface area is 227 Å². The summed E-state index contributed by atoms with van der Waals surface area (Å²) < 4.78 is 13.0. The normalized spacial score (nSPS) is 23.7. The average Bonchev–Trinajstić information content (AvgIpc) is 2.97. The van der Waals surface area contributed by atoms with Gasteiger partial charge in [-0.05, 0) is 35.7 Å². The van der Waals surface area contributed by atoms with Crippen molar-refractivity contribution in [3.63, 3.8) is 0 Å². The molecule has 0 radical (unpaired) electrons. The fraction of sp³-hybridized carbons (Fsp3) is 0.250. The van der Waals surface area contributed by atoms with Crippen LogP contribution in [0.4, 0.5) is 0 Å². The zero-order chi connectivity index (χ0) is 26.5. The molecule has 1 aliphatic rings. The molecule has 0 aliphatic carbocycles.